The van der Waals surface area contributed by atoms with Gasteiger partial charge >= 0.3 is 8.25 Å². The van der Waals surface area contributed by atoms with Gasteiger partial charge in [-0.25, -0.2) is 0 Å². The van der Waals surface area contributed by atoms with Crippen LogP contribution in [-0.2, 0) is 4.57 Å². The van der Waals surface area contributed by atoms with E-state index in [0.717, 1.165) is 4.73 Å². The molecule has 0 saturated heterocycles. The number of nitrogens with zero attached hydrogens (tertiary/aromatic N) is 1. The second-order valence-corrected chi connectivity index (χ2v) is 2.15. The summed E-state index contributed by atoms with van der Waals surface area (Å²) in [5, 5.41) is 0. The van der Waals surface area contributed by atoms with E-state index in [0.29, 0.717) is 0 Å². The maximum Gasteiger partial charge on any atom is 0.617 e. The zero-order valence-corrected chi connectivity index (χ0v) is 5.90. The van der Waals surface area contributed by atoms with Gasteiger partial charge in [-0.15, -0.1) is 0 Å². The summed E-state index contributed by atoms with van der Waals surface area (Å²) in [5.41, 5.74) is 0. The molecule has 1 heterocycles. The molecule has 0 aliphatic rings. The largest absolute Gasteiger partial charge is 0.617 e. The van der Waals surface area contributed by atoms with Crippen molar-refractivity contribution in [2.75, 3.05) is 0 Å². The molecule has 0 spiro atoms. The number of hydrogen-bond donors (Lipinski definition) is 0. The Hall–Kier alpha value is -0.990. The fourth-order valence-corrected chi connectivity index (χ4v) is 0.777. The fourth-order valence-electron chi connectivity index (χ4n) is 0.514. The van der Waals surface area contributed by atoms with Crippen LogP contribution in [0.15, 0.2) is 30.6 Å². The molecule has 4 nitrogen and oxygen atoms in total. The van der Waals surface area contributed by atoms with Gasteiger partial charge in [0.2, 0.25) is 12.4 Å². The Kier molecular flexibility index (Phi) is 2.31. The Balaban J connectivity index is 2.67. The van der Waals surface area contributed by atoms with Gasteiger partial charge in [0.15, 0.2) is 0 Å². The average molecular weight is 158 g/mol. The lowest BCUT2D eigenvalue weighted by molar-refractivity contribution is -0.860. The van der Waals surface area contributed by atoms with Crippen LogP contribution in [0.5, 0.6) is 0 Å². The SMILES string of the molecule is O=[P+]([O-])O[n+]1ccccc1. The van der Waals surface area contributed by atoms with Gasteiger partial charge in [0.25, 0.3) is 0 Å². The first kappa shape index (κ1) is 7.12. The highest BCUT2D eigenvalue weighted by Crippen LogP contribution is 1.96. The van der Waals surface area contributed by atoms with E-state index in [1.165, 1.54) is 12.4 Å². The van der Waals surface area contributed by atoms with Gasteiger partial charge in [-0.05, 0) is 9.19 Å². The van der Waals surface area contributed by atoms with Gasteiger partial charge in [-0.1, -0.05) is 6.07 Å². The third-order valence-electron chi connectivity index (χ3n) is 0.849. The number of aromatic nitrogens is 1. The molecule has 1 unspecified atom stereocenters. The van der Waals surface area contributed by atoms with Crippen LogP contribution in [0.4, 0.5) is 0 Å². The maximum atomic E-state index is 9.96. The molecule has 52 valence electrons. The first-order valence-corrected chi connectivity index (χ1v) is 3.68. The highest BCUT2D eigenvalue weighted by atomic mass is 31.1. The van der Waals surface area contributed by atoms with E-state index >= 15 is 0 Å². The lowest BCUT2D eigenvalue weighted by Gasteiger charge is -1.82. The normalized spacial score (nSPS) is 10.7. The van der Waals surface area contributed by atoms with Crippen molar-refractivity contribution in [1.82, 2.24) is 0 Å². The minimum absolute atomic E-state index is 1.10. The fraction of sp³-hybridized carbons (Fsp3) is 0. The third-order valence-corrected chi connectivity index (χ3v) is 1.17. The molecule has 0 radical (unpaired) electrons. The van der Waals surface area contributed by atoms with E-state index in [1.807, 2.05) is 0 Å². The monoisotopic (exact) mass is 158 g/mol. The highest BCUT2D eigenvalue weighted by Gasteiger charge is 2.09. The molecule has 1 aromatic rings. The average Bonchev–Trinajstić information content (AvgIpc) is 1.88. The molecule has 0 N–H and O–H groups in total. The lowest BCUT2D eigenvalue weighted by Crippen LogP contribution is -2.38. The summed E-state index contributed by atoms with van der Waals surface area (Å²) in [5.74, 6) is 0. The number of hydrogen-bond acceptors (Lipinski definition) is 3. The summed E-state index contributed by atoms with van der Waals surface area (Å²) in [6.07, 6.45) is 2.98. The van der Waals surface area contributed by atoms with Crippen molar-refractivity contribution in [2.45, 2.75) is 0 Å². The van der Waals surface area contributed by atoms with Gasteiger partial charge in [-0.3, -0.25) is 0 Å². The third kappa shape index (κ3) is 2.09. The van der Waals surface area contributed by atoms with Crippen LogP contribution in [-0.4, -0.2) is 0 Å². The Morgan fingerprint density at radius 2 is 1.90 bits per heavy atom. The molecule has 0 bridgehead atoms. The highest BCUT2D eigenvalue weighted by molar-refractivity contribution is 7.30. The second-order valence-electron chi connectivity index (χ2n) is 1.54. The standard InChI is InChI=1S/C5H5NO3P/c7-10(8)9-6-4-2-1-3-5-6/h1-5H/q+1. The zero-order valence-electron chi connectivity index (χ0n) is 5.01. The van der Waals surface area contributed by atoms with E-state index in [9.17, 15) is 9.46 Å². The summed E-state index contributed by atoms with van der Waals surface area (Å²) in [6.45, 7) is 0. The van der Waals surface area contributed by atoms with Crippen molar-refractivity contribution >= 4 is 8.25 Å². The predicted octanol–water partition coefficient (Wildman–Crippen LogP) is -0.580. The first-order chi connectivity index (χ1) is 4.79. The van der Waals surface area contributed by atoms with E-state index < -0.39 is 8.25 Å². The molecule has 1 aromatic heterocycles. The van der Waals surface area contributed by atoms with Crippen LogP contribution in [0.3, 0.4) is 0 Å². The van der Waals surface area contributed by atoms with Gasteiger partial charge in [0, 0.05) is 12.1 Å². The number of rotatable bonds is 2. The van der Waals surface area contributed by atoms with E-state index in [-0.39, 0.29) is 0 Å². The van der Waals surface area contributed by atoms with Crippen molar-refractivity contribution in [3.8, 4) is 0 Å². The molecular weight excluding hydrogens is 153 g/mol. The molecule has 0 saturated carbocycles. The summed E-state index contributed by atoms with van der Waals surface area (Å²) >= 11 is 0. The second kappa shape index (κ2) is 3.25. The quantitative estimate of drug-likeness (QED) is 0.427. The summed E-state index contributed by atoms with van der Waals surface area (Å²) in [6, 6.07) is 5.09. The van der Waals surface area contributed by atoms with E-state index in [2.05, 4.69) is 4.62 Å². The molecule has 0 aliphatic carbocycles. The van der Waals surface area contributed by atoms with Gasteiger partial charge in [0.05, 0.1) is 4.73 Å². The first-order valence-electron chi connectivity index (χ1n) is 2.58. The minimum Gasteiger partial charge on any atom is -0.553 e. The molecule has 0 fully saturated rings. The van der Waals surface area contributed by atoms with E-state index in [4.69, 9.17) is 0 Å². The Labute approximate surface area is 58.6 Å². The van der Waals surface area contributed by atoms with Crippen LogP contribution >= 0.6 is 8.25 Å². The Morgan fingerprint density at radius 1 is 1.30 bits per heavy atom. The van der Waals surface area contributed by atoms with Crippen molar-refractivity contribution in [3.63, 3.8) is 0 Å². The molecule has 1 atom stereocenters. The summed E-state index contributed by atoms with van der Waals surface area (Å²) in [4.78, 5) is 9.96. The smallest absolute Gasteiger partial charge is 0.553 e. The van der Waals surface area contributed by atoms with Crippen LogP contribution in [0.1, 0.15) is 0 Å². The van der Waals surface area contributed by atoms with Crippen LogP contribution in [0.25, 0.3) is 0 Å². The molecule has 1 rings (SSSR count). The van der Waals surface area contributed by atoms with Crippen LogP contribution in [0, 0.1) is 0 Å². The van der Waals surface area contributed by atoms with Crippen LogP contribution < -0.4 is 14.2 Å². The topological polar surface area (TPSA) is 53.2 Å². The van der Waals surface area contributed by atoms with Crippen LogP contribution in [0.2, 0.25) is 0 Å². The van der Waals surface area contributed by atoms with Gasteiger partial charge in [-0.2, -0.15) is 0 Å². The Morgan fingerprint density at radius 3 is 2.40 bits per heavy atom. The van der Waals surface area contributed by atoms with Gasteiger partial charge < -0.3 is 4.89 Å². The van der Waals surface area contributed by atoms with Crippen molar-refractivity contribution in [3.05, 3.63) is 30.6 Å². The van der Waals surface area contributed by atoms with Crippen molar-refractivity contribution < 1.29 is 18.8 Å². The summed E-state index contributed by atoms with van der Waals surface area (Å²) in [7, 11) is -2.81. The van der Waals surface area contributed by atoms with Crippen molar-refractivity contribution in [1.29, 1.82) is 0 Å². The van der Waals surface area contributed by atoms with Gasteiger partial charge in [0.1, 0.15) is 0 Å². The van der Waals surface area contributed by atoms with Crippen molar-refractivity contribution in [2.24, 2.45) is 0 Å². The molecule has 10 heavy (non-hydrogen) atoms. The zero-order chi connectivity index (χ0) is 7.40. The maximum absolute atomic E-state index is 9.96. The minimum atomic E-state index is -2.81. The summed E-state index contributed by atoms with van der Waals surface area (Å²) < 4.78 is 15.4. The molecule has 0 aliphatic heterocycles. The van der Waals surface area contributed by atoms with E-state index in [1.54, 1.807) is 18.2 Å². The molecule has 5 heteroatoms. The predicted molar refractivity (Wildman–Crippen MR) is 30.8 cm³/mol. The molecule has 0 aromatic carbocycles. The molecule has 0 amide bonds. The lowest BCUT2D eigenvalue weighted by atomic mass is 10.5. The Bertz CT molecular complexity index is 226. The molecular formula is C5H5NO3P+. The number of pyridine rings is 1.